The minimum atomic E-state index is -0.384. The zero-order chi connectivity index (χ0) is 22.5. The van der Waals surface area contributed by atoms with E-state index in [-0.39, 0.29) is 11.3 Å². The molecule has 166 valence electrons. The van der Waals surface area contributed by atoms with Crippen molar-refractivity contribution in [3.63, 3.8) is 0 Å². The van der Waals surface area contributed by atoms with Gasteiger partial charge in [-0.15, -0.1) is 0 Å². The average molecular weight is 432 g/mol. The molecule has 0 radical (unpaired) electrons. The number of nitrogen functional groups attached to an aromatic ring is 1. The van der Waals surface area contributed by atoms with E-state index in [0.29, 0.717) is 18.2 Å². The molecule has 1 amide bonds. The lowest BCUT2D eigenvalue weighted by atomic mass is 9.64. The third kappa shape index (κ3) is 3.19. The van der Waals surface area contributed by atoms with Gasteiger partial charge in [-0.05, 0) is 57.1 Å². The summed E-state index contributed by atoms with van der Waals surface area (Å²) in [6.07, 6.45) is 7.43. The summed E-state index contributed by atoms with van der Waals surface area (Å²) >= 11 is 0. The van der Waals surface area contributed by atoms with Gasteiger partial charge < -0.3 is 20.3 Å². The van der Waals surface area contributed by atoms with Crippen molar-refractivity contribution in [1.82, 2.24) is 14.9 Å². The van der Waals surface area contributed by atoms with Crippen LogP contribution in [0.15, 0.2) is 36.7 Å². The van der Waals surface area contributed by atoms with Crippen LogP contribution in [0, 0.1) is 0 Å². The quantitative estimate of drug-likeness (QED) is 0.600. The first-order valence-corrected chi connectivity index (χ1v) is 11.2. The van der Waals surface area contributed by atoms with Crippen molar-refractivity contribution >= 4 is 28.2 Å². The summed E-state index contributed by atoms with van der Waals surface area (Å²) in [5.74, 6) is 0.664. The number of nitrogens with zero attached hydrogens (tertiary/aromatic N) is 4. The van der Waals surface area contributed by atoms with Crippen LogP contribution in [0.5, 0.6) is 5.88 Å². The molecule has 3 heterocycles. The number of hydrogen-bond donors (Lipinski definition) is 1. The van der Waals surface area contributed by atoms with Crippen LogP contribution in [0.25, 0.3) is 22.0 Å². The predicted octanol–water partition coefficient (Wildman–Crippen LogP) is 3.61. The number of ether oxygens (including phenoxy) is 1. The molecule has 1 aromatic carbocycles. The standard InChI is InChI=1S/C25H29N5O2/c1-29(2)10-5-11-32-23-19(26)13-17(14-28-23)16-6-7-20-18(12-16)22-21(15-27-20)30(3)24(31)25(22)8-4-9-25/h6-7,12-15H,4-5,8-11,26H2,1-3H3. The Morgan fingerprint density at radius 1 is 1.16 bits per heavy atom. The van der Waals surface area contributed by atoms with Crippen molar-refractivity contribution in [2.24, 2.45) is 0 Å². The molecule has 1 aliphatic heterocycles. The fourth-order valence-electron chi connectivity index (χ4n) is 4.95. The minimum Gasteiger partial charge on any atom is -0.476 e. The summed E-state index contributed by atoms with van der Waals surface area (Å²) < 4.78 is 5.77. The molecule has 0 atom stereocenters. The van der Waals surface area contributed by atoms with Gasteiger partial charge in [-0.25, -0.2) is 4.98 Å². The number of rotatable bonds is 6. The number of anilines is 2. The molecule has 3 aromatic rings. The first-order valence-electron chi connectivity index (χ1n) is 11.2. The molecule has 0 bridgehead atoms. The molecule has 1 saturated carbocycles. The number of carbonyl (C=O) groups is 1. The molecule has 2 aliphatic rings. The number of fused-ring (bicyclic) bond motifs is 4. The van der Waals surface area contributed by atoms with Gasteiger partial charge >= 0.3 is 0 Å². The molecule has 5 rings (SSSR count). The third-order valence-corrected chi connectivity index (χ3v) is 6.81. The molecule has 2 N–H and O–H groups in total. The number of amides is 1. The van der Waals surface area contributed by atoms with Gasteiger partial charge in [0.1, 0.15) is 0 Å². The van der Waals surface area contributed by atoms with Crippen LogP contribution < -0.4 is 15.4 Å². The van der Waals surface area contributed by atoms with Crippen LogP contribution in [0.1, 0.15) is 31.2 Å². The lowest BCUT2D eigenvalue weighted by Gasteiger charge is -2.37. The Balaban J connectivity index is 1.49. The Labute approximate surface area is 188 Å². The van der Waals surface area contributed by atoms with E-state index in [1.165, 1.54) is 0 Å². The summed E-state index contributed by atoms with van der Waals surface area (Å²) in [6, 6.07) is 8.08. The number of benzene rings is 1. The molecule has 7 nitrogen and oxygen atoms in total. The van der Waals surface area contributed by atoms with Gasteiger partial charge in [0, 0.05) is 36.3 Å². The average Bonchev–Trinajstić information content (AvgIpc) is 2.99. The monoisotopic (exact) mass is 431 g/mol. The Kier molecular flexibility index (Phi) is 5.01. The van der Waals surface area contributed by atoms with E-state index in [1.54, 1.807) is 11.1 Å². The number of pyridine rings is 2. The van der Waals surface area contributed by atoms with Crippen LogP contribution in [0.4, 0.5) is 11.4 Å². The van der Waals surface area contributed by atoms with Crippen molar-refractivity contribution in [3.05, 3.63) is 42.2 Å². The number of likely N-dealkylation sites (N-methyl/N-ethyl adjacent to an activating group) is 1. The van der Waals surface area contributed by atoms with E-state index in [9.17, 15) is 4.79 Å². The number of nitrogens with two attached hydrogens (primary N) is 1. The van der Waals surface area contributed by atoms with Crippen molar-refractivity contribution in [2.45, 2.75) is 31.1 Å². The van der Waals surface area contributed by atoms with Crippen LogP contribution in [0.3, 0.4) is 0 Å². The summed E-state index contributed by atoms with van der Waals surface area (Å²) in [6.45, 7) is 1.53. The molecule has 32 heavy (non-hydrogen) atoms. The normalized spacial score (nSPS) is 16.6. The Morgan fingerprint density at radius 3 is 2.66 bits per heavy atom. The van der Waals surface area contributed by atoms with E-state index in [2.05, 4.69) is 20.9 Å². The van der Waals surface area contributed by atoms with E-state index in [1.807, 2.05) is 45.5 Å². The lowest BCUT2D eigenvalue weighted by molar-refractivity contribution is -0.125. The van der Waals surface area contributed by atoms with Gasteiger partial charge in [-0.1, -0.05) is 12.5 Å². The smallest absolute Gasteiger partial charge is 0.237 e. The van der Waals surface area contributed by atoms with E-state index in [0.717, 1.165) is 65.5 Å². The molecule has 1 aliphatic carbocycles. The van der Waals surface area contributed by atoms with Gasteiger partial charge in [-0.3, -0.25) is 9.78 Å². The highest BCUT2D eigenvalue weighted by Crippen LogP contribution is 2.55. The first kappa shape index (κ1) is 20.7. The molecule has 1 spiro atoms. The second-order valence-electron chi connectivity index (χ2n) is 9.17. The molecule has 0 unspecified atom stereocenters. The van der Waals surface area contributed by atoms with Crippen LogP contribution >= 0.6 is 0 Å². The SMILES string of the molecule is CN(C)CCCOc1ncc(-c2ccc3ncc4c(c3c2)C2(CCC2)C(=O)N4C)cc1N. The number of hydrogen-bond acceptors (Lipinski definition) is 6. The summed E-state index contributed by atoms with van der Waals surface area (Å²) in [5, 5.41) is 1.04. The summed E-state index contributed by atoms with van der Waals surface area (Å²) in [5.41, 5.74) is 11.3. The zero-order valence-corrected chi connectivity index (χ0v) is 18.9. The van der Waals surface area contributed by atoms with Gasteiger partial charge in [0.05, 0.1) is 35.1 Å². The Bertz CT molecular complexity index is 1200. The topological polar surface area (TPSA) is 84.6 Å². The van der Waals surface area contributed by atoms with Crippen molar-refractivity contribution < 1.29 is 9.53 Å². The molecule has 1 fully saturated rings. The number of carbonyl (C=O) groups excluding carboxylic acids is 1. The zero-order valence-electron chi connectivity index (χ0n) is 18.9. The highest BCUT2D eigenvalue weighted by atomic mass is 16.5. The molecule has 2 aromatic heterocycles. The number of aromatic nitrogens is 2. The summed E-state index contributed by atoms with van der Waals surface area (Å²) in [7, 11) is 5.93. The highest BCUT2D eigenvalue weighted by molar-refractivity contribution is 6.13. The van der Waals surface area contributed by atoms with Crippen molar-refractivity contribution in [3.8, 4) is 17.0 Å². The van der Waals surface area contributed by atoms with Crippen molar-refractivity contribution in [1.29, 1.82) is 0 Å². The van der Waals surface area contributed by atoms with Crippen molar-refractivity contribution in [2.75, 3.05) is 44.9 Å². The van der Waals surface area contributed by atoms with E-state index in [4.69, 9.17) is 10.5 Å². The Morgan fingerprint density at radius 2 is 1.97 bits per heavy atom. The molecular weight excluding hydrogens is 402 g/mol. The Hall–Kier alpha value is -3.19. The maximum absolute atomic E-state index is 13.0. The fraction of sp³-hybridized carbons (Fsp3) is 0.400. The van der Waals surface area contributed by atoms with E-state index < -0.39 is 0 Å². The molecular formula is C25H29N5O2. The van der Waals surface area contributed by atoms with E-state index >= 15 is 0 Å². The predicted molar refractivity (Wildman–Crippen MR) is 127 cm³/mol. The second-order valence-corrected chi connectivity index (χ2v) is 9.17. The second kappa shape index (κ2) is 7.74. The fourth-order valence-corrected chi connectivity index (χ4v) is 4.95. The van der Waals surface area contributed by atoms with Crippen LogP contribution in [0.2, 0.25) is 0 Å². The highest BCUT2D eigenvalue weighted by Gasteiger charge is 2.54. The third-order valence-electron chi connectivity index (χ3n) is 6.81. The molecule has 7 heteroatoms. The van der Waals surface area contributed by atoms with Crippen LogP contribution in [-0.4, -0.2) is 55.1 Å². The van der Waals surface area contributed by atoms with Gasteiger partial charge in [-0.2, -0.15) is 0 Å². The minimum absolute atomic E-state index is 0.195. The van der Waals surface area contributed by atoms with Gasteiger partial charge in [0.15, 0.2) is 0 Å². The van der Waals surface area contributed by atoms with Gasteiger partial charge in [0.2, 0.25) is 11.8 Å². The maximum Gasteiger partial charge on any atom is 0.237 e. The largest absolute Gasteiger partial charge is 0.476 e. The maximum atomic E-state index is 13.0. The van der Waals surface area contributed by atoms with Crippen LogP contribution in [-0.2, 0) is 10.2 Å². The summed E-state index contributed by atoms with van der Waals surface area (Å²) in [4.78, 5) is 26.0. The first-order chi connectivity index (χ1) is 15.4. The lowest BCUT2D eigenvalue weighted by Crippen LogP contribution is -2.43. The molecule has 0 saturated heterocycles. The van der Waals surface area contributed by atoms with Gasteiger partial charge in [0.25, 0.3) is 0 Å².